The van der Waals surface area contributed by atoms with E-state index in [1.165, 1.54) is 95.5 Å². The first kappa shape index (κ1) is 25.8. The van der Waals surface area contributed by atoms with Crippen molar-refractivity contribution in [3.63, 3.8) is 0 Å². The van der Waals surface area contributed by atoms with Crippen LogP contribution in [0.25, 0.3) is 0 Å². The molecule has 0 heterocycles. The Morgan fingerprint density at radius 2 is 1.38 bits per heavy atom. The van der Waals surface area contributed by atoms with E-state index in [1.807, 2.05) is 13.0 Å². The third kappa shape index (κ3) is 16.2. The molecule has 2 heteroatoms. The maximum Gasteiger partial charge on any atom is 0.120 e. The largest absolute Gasteiger partial charge is 0.489 e. The Morgan fingerprint density at radius 1 is 0.828 bits per heavy atom. The van der Waals surface area contributed by atoms with Gasteiger partial charge in [-0.25, -0.2) is 0 Å². The maximum absolute atomic E-state index is 5.71. The van der Waals surface area contributed by atoms with Crippen LogP contribution in [0.4, 0.5) is 0 Å². The molecule has 1 aromatic carbocycles. The van der Waals surface area contributed by atoms with Gasteiger partial charge in [0.25, 0.3) is 0 Å². The molecule has 0 radical (unpaired) electrons. The van der Waals surface area contributed by atoms with E-state index >= 15 is 0 Å². The van der Waals surface area contributed by atoms with Gasteiger partial charge in [-0.2, -0.15) is 0 Å². The van der Waals surface area contributed by atoms with Crippen LogP contribution >= 0.6 is 0 Å². The van der Waals surface area contributed by atoms with Gasteiger partial charge >= 0.3 is 0 Å². The molecule has 1 aromatic rings. The Morgan fingerprint density at radius 3 is 1.93 bits per heavy atom. The number of benzene rings is 1. The number of rotatable bonds is 20. The molecular weight excluding hydrogens is 354 g/mol. The van der Waals surface area contributed by atoms with Gasteiger partial charge in [0.2, 0.25) is 0 Å². The van der Waals surface area contributed by atoms with Crippen molar-refractivity contribution in [3.8, 4) is 5.75 Å². The zero-order chi connectivity index (χ0) is 21.0. The summed E-state index contributed by atoms with van der Waals surface area (Å²) in [5.74, 6) is 0.934. The van der Waals surface area contributed by atoms with Crippen LogP contribution in [0, 0.1) is 0 Å². The van der Waals surface area contributed by atoms with E-state index in [4.69, 9.17) is 4.74 Å². The van der Waals surface area contributed by atoms with Crippen LogP contribution in [0.15, 0.2) is 36.4 Å². The van der Waals surface area contributed by atoms with Gasteiger partial charge in [0.1, 0.15) is 12.4 Å². The molecule has 0 aliphatic heterocycles. The van der Waals surface area contributed by atoms with Gasteiger partial charge in [-0.05, 0) is 43.2 Å². The molecule has 0 fully saturated rings. The fraction of sp³-hybridized carbons (Fsp3) is 0.704. The van der Waals surface area contributed by atoms with Crippen LogP contribution < -0.4 is 10.1 Å². The van der Waals surface area contributed by atoms with E-state index in [0.29, 0.717) is 6.61 Å². The summed E-state index contributed by atoms with van der Waals surface area (Å²) < 4.78 is 5.71. The van der Waals surface area contributed by atoms with Crippen LogP contribution in [0.2, 0.25) is 0 Å². The third-order valence-corrected chi connectivity index (χ3v) is 5.42. The highest BCUT2D eigenvalue weighted by Crippen LogP contribution is 2.15. The summed E-state index contributed by atoms with van der Waals surface area (Å²) in [6.07, 6.45) is 19.8. The van der Waals surface area contributed by atoms with Crippen molar-refractivity contribution in [3.05, 3.63) is 42.0 Å². The summed E-state index contributed by atoms with van der Waals surface area (Å²) in [5.41, 5.74) is 2.33. The Labute approximate surface area is 181 Å². The lowest BCUT2D eigenvalue weighted by atomic mass is 10.0. The highest BCUT2D eigenvalue weighted by molar-refractivity contribution is 5.28. The number of hydrogen-bond donors (Lipinski definition) is 1. The second-order valence-electron chi connectivity index (χ2n) is 8.67. The predicted octanol–water partition coefficient (Wildman–Crippen LogP) is 8.21. The summed E-state index contributed by atoms with van der Waals surface area (Å²) in [4.78, 5) is 0. The quantitative estimate of drug-likeness (QED) is 0.175. The summed E-state index contributed by atoms with van der Waals surface area (Å²) in [6, 6.07) is 8.37. The molecule has 0 amide bonds. The number of unbranched alkanes of at least 4 members (excludes halogenated alkanes) is 13. The molecule has 29 heavy (non-hydrogen) atoms. The van der Waals surface area contributed by atoms with Crippen LogP contribution in [0.1, 0.15) is 109 Å². The monoisotopic (exact) mass is 401 g/mol. The third-order valence-electron chi connectivity index (χ3n) is 5.42. The van der Waals surface area contributed by atoms with Gasteiger partial charge in [0.15, 0.2) is 0 Å². The lowest BCUT2D eigenvalue weighted by Gasteiger charge is -2.09. The normalized spacial score (nSPS) is 11.0. The van der Waals surface area contributed by atoms with Gasteiger partial charge in [-0.3, -0.25) is 0 Å². The minimum absolute atomic E-state index is 0.593. The van der Waals surface area contributed by atoms with Crippen molar-refractivity contribution in [2.24, 2.45) is 0 Å². The van der Waals surface area contributed by atoms with Gasteiger partial charge in [-0.1, -0.05) is 109 Å². The number of hydrogen-bond acceptors (Lipinski definition) is 2. The molecular formula is C27H47NO. The minimum Gasteiger partial charge on any atom is -0.489 e. The molecule has 0 bridgehead atoms. The Kier molecular flexibility index (Phi) is 16.6. The average Bonchev–Trinajstić information content (AvgIpc) is 2.72. The van der Waals surface area contributed by atoms with Crippen molar-refractivity contribution in [2.45, 2.75) is 110 Å². The van der Waals surface area contributed by atoms with Gasteiger partial charge < -0.3 is 10.1 Å². The highest BCUT2D eigenvalue weighted by Gasteiger charge is 1.98. The number of ether oxygens (including phenoxy) is 1. The van der Waals surface area contributed by atoms with E-state index in [-0.39, 0.29) is 0 Å². The predicted molar refractivity (Wildman–Crippen MR) is 129 cm³/mol. The summed E-state index contributed by atoms with van der Waals surface area (Å²) >= 11 is 0. The fourth-order valence-electron chi connectivity index (χ4n) is 3.63. The van der Waals surface area contributed by atoms with Crippen molar-refractivity contribution in [2.75, 3.05) is 13.2 Å². The SMILES string of the molecule is C=C(C)COc1cccc(CNCCCCCCCCCCCCCCCC)c1. The van der Waals surface area contributed by atoms with Gasteiger partial charge in [0, 0.05) is 6.54 Å². The lowest BCUT2D eigenvalue weighted by molar-refractivity contribution is 0.352. The topological polar surface area (TPSA) is 21.3 Å². The molecule has 0 spiro atoms. The molecule has 2 nitrogen and oxygen atoms in total. The van der Waals surface area contributed by atoms with Crippen LogP contribution in [-0.4, -0.2) is 13.2 Å². The first-order valence-electron chi connectivity index (χ1n) is 12.3. The Hall–Kier alpha value is -1.28. The first-order valence-corrected chi connectivity index (χ1v) is 12.3. The molecule has 0 saturated heterocycles. The van der Waals surface area contributed by atoms with Gasteiger partial charge in [-0.15, -0.1) is 0 Å². The molecule has 1 N–H and O–H groups in total. The van der Waals surface area contributed by atoms with Crippen LogP contribution in [0.3, 0.4) is 0 Å². The molecule has 0 atom stereocenters. The minimum atomic E-state index is 0.593. The standard InChI is InChI=1S/C27H47NO/c1-4-5-6-7-8-9-10-11-12-13-14-15-16-17-21-28-23-26-19-18-20-27(22-26)29-24-25(2)3/h18-20,22,28H,2,4-17,21,23-24H2,1,3H3. The van der Waals surface area contributed by atoms with E-state index in [0.717, 1.165) is 24.4 Å². The molecule has 0 aromatic heterocycles. The van der Waals surface area contributed by atoms with Crippen molar-refractivity contribution in [1.29, 1.82) is 0 Å². The summed E-state index contributed by atoms with van der Waals surface area (Å²) in [5, 5.41) is 3.56. The molecule has 0 aliphatic rings. The average molecular weight is 402 g/mol. The van der Waals surface area contributed by atoms with E-state index < -0.39 is 0 Å². The van der Waals surface area contributed by atoms with Crippen molar-refractivity contribution in [1.82, 2.24) is 5.32 Å². The van der Waals surface area contributed by atoms with Crippen LogP contribution in [-0.2, 0) is 6.54 Å². The van der Waals surface area contributed by atoms with E-state index in [1.54, 1.807) is 0 Å². The van der Waals surface area contributed by atoms with Crippen LogP contribution in [0.5, 0.6) is 5.75 Å². The van der Waals surface area contributed by atoms with Crippen molar-refractivity contribution < 1.29 is 4.74 Å². The zero-order valence-electron chi connectivity index (χ0n) is 19.4. The fourth-order valence-corrected chi connectivity index (χ4v) is 3.63. The van der Waals surface area contributed by atoms with Gasteiger partial charge in [0.05, 0.1) is 0 Å². The Bertz CT molecular complexity index is 511. The molecule has 166 valence electrons. The molecule has 0 unspecified atom stereocenters. The molecule has 0 aliphatic carbocycles. The molecule has 1 rings (SSSR count). The highest BCUT2D eigenvalue weighted by atomic mass is 16.5. The maximum atomic E-state index is 5.71. The smallest absolute Gasteiger partial charge is 0.120 e. The summed E-state index contributed by atoms with van der Waals surface area (Å²) in [7, 11) is 0. The first-order chi connectivity index (χ1) is 14.2. The Balaban J connectivity index is 1.87. The lowest BCUT2D eigenvalue weighted by Crippen LogP contribution is -2.14. The second kappa shape index (κ2) is 18.7. The molecule has 0 saturated carbocycles. The second-order valence-corrected chi connectivity index (χ2v) is 8.67. The number of nitrogens with one attached hydrogen (secondary N) is 1. The van der Waals surface area contributed by atoms with E-state index in [2.05, 4.69) is 37.0 Å². The zero-order valence-corrected chi connectivity index (χ0v) is 19.4. The van der Waals surface area contributed by atoms with Crippen molar-refractivity contribution >= 4 is 0 Å². The van der Waals surface area contributed by atoms with E-state index in [9.17, 15) is 0 Å². The summed E-state index contributed by atoms with van der Waals surface area (Å²) in [6.45, 7) is 10.8.